The second kappa shape index (κ2) is 8.09. The van der Waals surface area contributed by atoms with Crippen LogP contribution in [0.2, 0.25) is 0 Å². The molecule has 1 N–H and O–H groups in total. The van der Waals surface area contributed by atoms with Crippen LogP contribution in [-0.4, -0.2) is 29.7 Å². The number of rotatable bonds is 6. The molecule has 0 bridgehead atoms. The minimum atomic E-state index is -2.44. The number of amides is 1. The highest BCUT2D eigenvalue weighted by Gasteiger charge is 2.28. The van der Waals surface area contributed by atoms with Crippen molar-refractivity contribution in [1.29, 1.82) is 0 Å². The number of benzene rings is 1. The minimum absolute atomic E-state index is 0.0762. The lowest BCUT2D eigenvalue weighted by atomic mass is 10.2. The van der Waals surface area contributed by atoms with Crippen molar-refractivity contribution in [1.82, 2.24) is 4.90 Å². The van der Waals surface area contributed by atoms with Crippen molar-refractivity contribution in [2.24, 2.45) is 0 Å². The number of likely N-dealkylation sites (tertiary alicyclic amines) is 1. The third-order valence-electron chi connectivity index (χ3n) is 3.95. The van der Waals surface area contributed by atoms with E-state index in [1.165, 1.54) is 4.88 Å². The topological polar surface area (TPSA) is 32.3 Å². The fourth-order valence-corrected chi connectivity index (χ4v) is 4.32. The van der Waals surface area contributed by atoms with Gasteiger partial charge in [0, 0.05) is 21.5 Å². The van der Waals surface area contributed by atoms with Crippen LogP contribution in [0.25, 0.3) is 0 Å². The molecule has 3 rings (SSSR count). The van der Waals surface area contributed by atoms with Crippen molar-refractivity contribution < 1.29 is 13.6 Å². The quantitative estimate of drug-likeness (QED) is 0.741. The van der Waals surface area contributed by atoms with Gasteiger partial charge in [-0.1, -0.05) is 17.8 Å². The van der Waals surface area contributed by atoms with Crippen LogP contribution in [0.4, 0.5) is 14.5 Å². The lowest BCUT2D eigenvalue weighted by Crippen LogP contribution is -2.32. The van der Waals surface area contributed by atoms with E-state index >= 15 is 0 Å². The van der Waals surface area contributed by atoms with E-state index in [1.807, 2.05) is 6.07 Å². The molecular formula is C17H18F2N2OS2. The number of carbonyl (C=O) groups excluding carboxylic acids is 1. The maximum Gasteiger partial charge on any atom is 0.288 e. The fraction of sp³-hybridized carbons (Fsp3) is 0.353. The smallest absolute Gasteiger partial charge is 0.288 e. The van der Waals surface area contributed by atoms with Gasteiger partial charge in [0.25, 0.3) is 5.76 Å². The number of halogens is 2. The Balaban J connectivity index is 1.55. The third-order valence-corrected chi connectivity index (χ3v) is 5.64. The summed E-state index contributed by atoms with van der Waals surface area (Å²) in [4.78, 5) is 16.3. The van der Waals surface area contributed by atoms with Crippen LogP contribution < -0.4 is 5.32 Å². The molecule has 24 heavy (non-hydrogen) atoms. The van der Waals surface area contributed by atoms with E-state index in [2.05, 4.69) is 21.7 Å². The normalized spacial score (nSPS) is 18.2. The number of hydrogen-bond acceptors (Lipinski definition) is 4. The van der Waals surface area contributed by atoms with Gasteiger partial charge in [-0.15, -0.1) is 11.3 Å². The average Bonchev–Trinajstić information content (AvgIpc) is 3.19. The molecule has 1 aromatic carbocycles. The lowest BCUT2D eigenvalue weighted by molar-refractivity contribution is -0.117. The summed E-state index contributed by atoms with van der Waals surface area (Å²) >= 11 is 2.22. The number of thioether (sulfide) groups is 1. The second-order valence-electron chi connectivity index (χ2n) is 5.59. The Morgan fingerprint density at radius 2 is 2.12 bits per heavy atom. The van der Waals surface area contributed by atoms with Gasteiger partial charge in [0.15, 0.2) is 0 Å². The van der Waals surface area contributed by atoms with Crippen LogP contribution in [0.1, 0.15) is 23.8 Å². The molecule has 1 amide bonds. The molecule has 128 valence electrons. The summed E-state index contributed by atoms with van der Waals surface area (Å²) in [5.41, 5.74) is 0.630. The van der Waals surface area contributed by atoms with Gasteiger partial charge in [-0.05, 0) is 55.1 Å². The Hall–Kier alpha value is -1.44. The monoisotopic (exact) mass is 368 g/mol. The van der Waals surface area contributed by atoms with E-state index in [4.69, 9.17) is 0 Å². The summed E-state index contributed by atoms with van der Waals surface area (Å²) in [5, 5.41) is 4.90. The summed E-state index contributed by atoms with van der Waals surface area (Å²) in [5.74, 6) is -2.51. The zero-order chi connectivity index (χ0) is 16.9. The van der Waals surface area contributed by atoms with Crippen LogP contribution in [0, 0.1) is 0 Å². The van der Waals surface area contributed by atoms with E-state index in [0.29, 0.717) is 34.9 Å². The summed E-state index contributed by atoms with van der Waals surface area (Å²) in [6.45, 7) is 1.26. The van der Waals surface area contributed by atoms with E-state index in [9.17, 15) is 13.6 Å². The third kappa shape index (κ3) is 4.55. The fourth-order valence-electron chi connectivity index (χ4n) is 2.92. The molecule has 1 atom stereocenters. The van der Waals surface area contributed by atoms with Crippen LogP contribution >= 0.6 is 23.1 Å². The van der Waals surface area contributed by atoms with Crippen LogP contribution in [0.3, 0.4) is 0 Å². The molecule has 0 spiro atoms. The van der Waals surface area contributed by atoms with Gasteiger partial charge in [0.1, 0.15) is 0 Å². The van der Waals surface area contributed by atoms with E-state index in [1.54, 1.807) is 35.6 Å². The minimum Gasteiger partial charge on any atom is -0.325 e. The predicted molar refractivity (Wildman–Crippen MR) is 94.8 cm³/mol. The lowest BCUT2D eigenvalue weighted by Gasteiger charge is -2.22. The maximum absolute atomic E-state index is 12.3. The standard InChI is InChI=1S/C17H18F2N2OS2/c18-17(19)24-13-7-5-12(6-8-13)20-16(22)11-21-9-1-3-14(21)15-4-2-10-23-15/h2,4-8,10,14,17H,1,3,9,11H2,(H,20,22)/t14-/m0/s1. The Morgan fingerprint density at radius 3 is 2.79 bits per heavy atom. The molecule has 3 nitrogen and oxygen atoms in total. The number of carbonyl (C=O) groups is 1. The number of anilines is 1. The SMILES string of the molecule is O=C(CN1CCC[C@H]1c1cccs1)Nc1ccc(SC(F)F)cc1. The predicted octanol–water partition coefficient (Wildman–Crippen LogP) is 4.84. The highest BCUT2D eigenvalue weighted by Crippen LogP contribution is 2.34. The zero-order valence-electron chi connectivity index (χ0n) is 13.0. The molecule has 2 aromatic rings. The molecule has 0 saturated carbocycles. The van der Waals surface area contributed by atoms with Gasteiger partial charge < -0.3 is 5.32 Å². The number of alkyl halides is 2. The van der Waals surface area contributed by atoms with Crippen molar-refractivity contribution in [2.45, 2.75) is 29.5 Å². The molecule has 1 aliphatic rings. The van der Waals surface area contributed by atoms with Gasteiger partial charge in [-0.3, -0.25) is 9.69 Å². The van der Waals surface area contributed by atoms with Crippen molar-refractivity contribution in [2.75, 3.05) is 18.4 Å². The molecular weight excluding hydrogens is 350 g/mol. The molecule has 0 radical (unpaired) electrons. The van der Waals surface area contributed by atoms with Crippen LogP contribution in [-0.2, 0) is 4.79 Å². The van der Waals surface area contributed by atoms with Crippen molar-refractivity contribution in [3.8, 4) is 0 Å². The summed E-state index contributed by atoms with van der Waals surface area (Å²) in [6.07, 6.45) is 2.17. The molecule has 1 saturated heterocycles. The largest absolute Gasteiger partial charge is 0.325 e. The van der Waals surface area contributed by atoms with E-state index in [-0.39, 0.29) is 5.91 Å². The Kier molecular flexibility index (Phi) is 5.86. The Bertz CT molecular complexity index is 662. The van der Waals surface area contributed by atoms with Gasteiger partial charge in [0.05, 0.1) is 6.54 Å². The number of nitrogens with one attached hydrogen (secondary N) is 1. The van der Waals surface area contributed by atoms with Gasteiger partial charge in [-0.25, -0.2) is 0 Å². The molecule has 2 heterocycles. The van der Waals surface area contributed by atoms with E-state index < -0.39 is 5.76 Å². The van der Waals surface area contributed by atoms with Crippen molar-refractivity contribution in [3.05, 3.63) is 46.7 Å². The Labute approximate surface area is 148 Å². The maximum atomic E-state index is 12.3. The van der Waals surface area contributed by atoms with Gasteiger partial charge in [0.2, 0.25) is 5.91 Å². The zero-order valence-corrected chi connectivity index (χ0v) is 14.6. The molecule has 1 fully saturated rings. The highest BCUT2D eigenvalue weighted by atomic mass is 32.2. The molecule has 1 aromatic heterocycles. The van der Waals surface area contributed by atoms with Gasteiger partial charge in [-0.2, -0.15) is 8.78 Å². The Morgan fingerprint density at radius 1 is 1.33 bits per heavy atom. The first kappa shape index (κ1) is 17.4. The van der Waals surface area contributed by atoms with Gasteiger partial charge >= 0.3 is 0 Å². The van der Waals surface area contributed by atoms with Crippen molar-refractivity contribution >= 4 is 34.7 Å². The van der Waals surface area contributed by atoms with E-state index in [0.717, 1.165) is 19.4 Å². The average molecular weight is 368 g/mol. The first-order valence-electron chi connectivity index (χ1n) is 7.74. The first-order chi connectivity index (χ1) is 11.6. The van der Waals surface area contributed by atoms with Crippen molar-refractivity contribution in [3.63, 3.8) is 0 Å². The first-order valence-corrected chi connectivity index (χ1v) is 9.50. The van der Waals surface area contributed by atoms with Crippen LogP contribution in [0.5, 0.6) is 0 Å². The number of nitrogens with zero attached hydrogens (tertiary/aromatic N) is 1. The number of hydrogen-bond donors (Lipinski definition) is 1. The summed E-state index contributed by atoms with van der Waals surface area (Å²) < 4.78 is 24.6. The second-order valence-corrected chi connectivity index (χ2v) is 7.64. The molecule has 7 heteroatoms. The number of thiophene rings is 1. The van der Waals surface area contributed by atoms with Crippen LogP contribution in [0.15, 0.2) is 46.7 Å². The highest BCUT2D eigenvalue weighted by molar-refractivity contribution is 7.99. The summed E-state index contributed by atoms with van der Waals surface area (Å²) in [6, 6.07) is 11.0. The summed E-state index contributed by atoms with van der Waals surface area (Å²) in [7, 11) is 0. The molecule has 1 aliphatic heterocycles. The molecule has 0 unspecified atom stereocenters. The molecule has 0 aliphatic carbocycles.